The number of hydrogen-bond acceptors (Lipinski definition) is 2. The molecule has 0 aliphatic heterocycles. The molecule has 0 spiro atoms. The van der Waals surface area contributed by atoms with Crippen LogP contribution in [0.4, 0.5) is 13.2 Å². The molecule has 20 heavy (non-hydrogen) atoms. The van der Waals surface area contributed by atoms with E-state index in [0.717, 1.165) is 12.1 Å². The standard InChI is InChI=1S/C15H11F3O2/c1-20-14-4-2-3-11(8-14)12-5-10(9-19)6-13(7-12)15(16,17)18/h2-9H,1H3. The summed E-state index contributed by atoms with van der Waals surface area (Å²) in [6, 6.07) is 9.90. The summed E-state index contributed by atoms with van der Waals surface area (Å²) in [5.41, 5.74) is 0.0111. The van der Waals surface area contributed by atoms with Crippen LogP contribution in [-0.2, 0) is 6.18 Å². The lowest BCUT2D eigenvalue weighted by molar-refractivity contribution is -0.137. The van der Waals surface area contributed by atoms with E-state index in [1.54, 1.807) is 24.3 Å². The second-order valence-corrected chi connectivity index (χ2v) is 4.19. The van der Waals surface area contributed by atoms with Gasteiger partial charge in [-0.2, -0.15) is 13.2 Å². The van der Waals surface area contributed by atoms with Gasteiger partial charge in [0, 0.05) is 5.56 Å². The zero-order chi connectivity index (χ0) is 14.8. The molecule has 2 rings (SSSR count). The van der Waals surface area contributed by atoms with Crippen molar-refractivity contribution in [1.29, 1.82) is 0 Å². The average molecular weight is 280 g/mol. The SMILES string of the molecule is COc1cccc(-c2cc(C=O)cc(C(F)(F)F)c2)c1. The molecule has 0 aliphatic carbocycles. The Morgan fingerprint density at radius 1 is 1.05 bits per heavy atom. The number of ether oxygens (including phenoxy) is 1. The zero-order valence-corrected chi connectivity index (χ0v) is 10.6. The van der Waals surface area contributed by atoms with Crippen molar-refractivity contribution in [2.75, 3.05) is 7.11 Å². The third-order valence-electron chi connectivity index (χ3n) is 2.82. The third-order valence-corrected chi connectivity index (χ3v) is 2.82. The van der Waals surface area contributed by atoms with Gasteiger partial charge in [0.2, 0.25) is 0 Å². The molecule has 104 valence electrons. The highest BCUT2D eigenvalue weighted by Gasteiger charge is 2.31. The number of carbonyl (C=O) groups excluding carboxylic acids is 1. The molecule has 2 aromatic rings. The minimum absolute atomic E-state index is 0.0161. The van der Waals surface area contributed by atoms with Gasteiger partial charge in [0.25, 0.3) is 0 Å². The molecule has 0 atom stereocenters. The number of halogens is 3. The first-order valence-corrected chi connectivity index (χ1v) is 5.76. The smallest absolute Gasteiger partial charge is 0.416 e. The van der Waals surface area contributed by atoms with Gasteiger partial charge in [0.05, 0.1) is 12.7 Å². The molecule has 0 aliphatic rings. The van der Waals surface area contributed by atoms with Gasteiger partial charge in [-0.25, -0.2) is 0 Å². The molecular weight excluding hydrogens is 269 g/mol. The first-order chi connectivity index (χ1) is 9.44. The van der Waals surface area contributed by atoms with Crippen molar-refractivity contribution in [1.82, 2.24) is 0 Å². The molecule has 0 heterocycles. The molecule has 2 aromatic carbocycles. The van der Waals surface area contributed by atoms with Crippen LogP contribution < -0.4 is 4.74 Å². The fourth-order valence-corrected chi connectivity index (χ4v) is 1.85. The van der Waals surface area contributed by atoms with Crippen LogP contribution in [0.5, 0.6) is 5.75 Å². The maximum absolute atomic E-state index is 12.8. The van der Waals surface area contributed by atoms with Crippen molar-refractivity contribution >= 4 is 6.29 Å². The van der Waals surface area contributed by atoms with Crippen molar-refractivity contribution in [3.8, 4) is 16.9 Å². The lowest BCUT2D eigenvalue weighted by Crippen LogP contribution is -2.06. The van der Waals surface area contributed by atoms with E-state index in [9.17, 15) is 18.0 Å². The fourth-order valence-electron chi connectivity index (χ4n) is 1.85. The van der Waals surface area contributed by atoms with Gasteiger partial charge in [-0.1, -0.05) is 12.1 Å². The van der Waals surface area contributed by atoms with E-state index in [1.165, 1.54) is 13.2 Å². The highest BCUT2D eigenvalue weighted by Crippen LogP contribution is 2.33. The Kier molecular flexibility index (Phi) is 3.79. The Balaban J connectivity index is 2.58. The molecule has 0 fully saturated rings. The van der Waals surface area contributed by atoms with E-state index in [4.69, 9.17) is 4.74 Å². The monoisotopic (exact) mass is 280 g/mol. The van der Waals surface area contributed by atoms with Crippen molar-refractivity contribution in [3.05, 3.63) is 53.6 Å². The summed E-state index contributed by atoms with van der Waals surface area (Å²) in [6.45, 7) is 0. The summed E-state index contributed by atoms with van der Waals surface area (Å²) >= 11 is 0. The molecule has 5 heteroatoms. The second-order valence-electron chi connectivity index (χ2n) is 4.19. The number of aldehydes is 1. The Morgan fingerprint density at radius 2 is 1.80 bits per heavy atom. The number of rotatable bonds is 3. The summed E-state index contributed by atoms with van der Waals surface area (Å²) in [6.07, 6.45) is -4.09. The molecule has 0 amide bonds. The maximum atomic E-state index is 12.8. The molecule has 0 N–H and O–H groups in total. The first-order valence-electron chi connectivity index (χ1n) is 5.76. The summed E-state index contributed by atoms with van der Waals surface area (Å²) in [5, 5.41) is 0. The largest absolute Gasteiger partial charge is 0.497 e. The van der Waals surface area contributed by atoms with Gasteiger partial charge in [0.1, 0.15) is 12.0 Å². The first kappa shape index (κ1) is 14.1. The van der Waals surface area contributed by atoms with Crippen molar-refractivity contribution in [2.24, 2.45) is 0 Å². The van der Waals surface area contributed by atoms with E-state index in [2.05, 4.69) is 0 Å². The lowest BCUT2D eigenvalue weighted by Gasteiger charge is -2.11. The van der Waals surface area contributed by atoms with Crippen LogP contribution in [0.1, 0.15) is 15.9 Å². The molecule has 0 saturated heterocycles. The number of carbonyl (C=O) groups is 1. The third kappa shape index (κ3) is 2.99. The summed E-state index contributed by atoms with van der Waals surface area (Å²) in [4.78, 5) is 10.8. The maximum Gasteiger partial charge on any atom is 0.416 e. The summed E-state index contributed by atoms with van der Waals surface area (Å²) in [7, 11) is 1.47. The normalized spacial score (nSPS) is 11.2. The molecular formula is C15H11F3O2. The molecule has 0 aromatic heterocycles. The quantitative estimate of drug-likeness (QED) is 0.788. The number of alkyl halides is 3. The van der Waals surface area contributed by atoms with E-state index in [0.29, 0.717) is 23.2 Å². The minimum Gasteiger partial charge on any atom is -0.497 e. The summed E-state index contributed by atoms with van der Waals surface area (Å²) < 4.78 is 43.5. The summed E-state index contributed by atoms with van der Waals surface area (Å²) in [5.74, 6) is 0.535. The predicted molar refractivity (Wildman–Crippen MR) is 68.8 cm³/mol. The second kappa shape index (κ2) is 5.36. The molecule has 2 nitrogen and oxygen atoms in total. The van der Waals surface area contributed by atoms with E-state index < -0.39 is 11.7 Å². The highest BCUT2D eigenvalue weighted by molar-refractivity contribution is 5.80. The van der Waals surface area contributed by atoms with Crippen LogP contribution in [0.3, 0.4) is 0 Å². The average Bonchev–Trinajstić information content (AvgIpc) is 2.46. The number of benzene rings is 2. The van der Waals surface area contributed by atoms with Crippen LogP contribution >= 0.6 is 0 Å². The van der Waals surface area contributed by atoms with Crippen LogP contribution in [-0.4, -0.2) is 13.4 Å². The van der Waals surface area contributed by atoms with Gasteiger partial charge < -0.3 is 4.74 Å². The minimum atomic E-state index is -4.49. The van der Waals surface area contributed by atoms with Gasteiger partial charge in [-0.15, -0.1) is 0 Å². The molecule has 0 radical (unpaired) electrons. The Morgan fingerprint density at radius 3 is 2.40 bits per heavy atom. The van der Waals surface area contributed by atoms with E-state index >= 15 is 0 Å². The van der Waals surface area contributed by atoms with Crippen molar-refractivity contribution in [3.63, 3.8) is 0 Å². The molecule has 0 unspecified atom stereocenters. The van der Waals surface area contributed by atoms with E-state index in [-0.39, 0.29) is 5.56 Å². The van der Waals surface area contributed by atoms with Gasteiger partial charge in [0.15, 0.2) is 0 Å². The lowest BCUT2D eigenvalue weighted by atomic mass is 9.99. The predicted octanol–water partition coefficient (Wildman–Crippen LogP) is 4.19. The van der Waals surface area contributed by atoms with Crippen molar-refractivity contribution < 1.29 is 22.7 Å². The highest BCUT2D eigenvalue weighted by atomic mass is 19.4. The van der Waals surface area contributed by atoms with Gasteiger partial charge in [-0.05, 0) is 41.5 Å². The van der Waals surface area contributed by atoms with Gasteiger partial charge >= 0.3 is 6.18 Å². The molecule has 0 bridgehead atoms. The number of methoxy groups -OCH3 is 1. The molecule has 0 saturated carbocycles. The van der Waals surface area contributed by atoms with Crippen LogP contribution in [0, 0.1) is 0 Å². The van der Waals surface area contributed by atoms with Gasteiger partial charge in [-0.3, -0.25) is 4.79 Å². The van der Waals surface area contributed by atoms with E-state index in [1.807, 2.05) is 0 Å². The topological polar surface area (TPSA) is 26.3 Å². The van der Waals surface area contributed by atoms with Crippen LogP contribution in [0.2, 0.25) is 0 Å². The van der Waals surface area contributed by atoms with Crippen LogP contribution in [0.15, 0.2) is 42.5 Å². The Bertz CT molecular complexity index is 633. The Labute approximate surface area is 113 Å². The fraction of sp³-hybridized carbons (Fsp3) is 0.133. The van der Waals surface area contributed by atoms with Crippen molar-refractivity contribution in [2.45, 2.75) is 6.18 Å². The van der Waals surface area contributed by atoms with Crippen LogP contribution in [0.25, 0.3) is 11.1 Å². The number of hydrogen-bond donors (Lipinski definition) is 0. The Hall–Kier alpha value is -2.30. The zero-order valence-electron chi connectivity index (χ0n) is 10.6.